The molecule has 2 aromatic heterocycles. The van der Waals surface area contributed by atoms with Gasteiger partial charge in [-0.3, -0.25) is 4.57 Å². The highest BCUT2D eigenvalue weighted by molar-refractivity contribution is 5.68. The van der Waals surface area contributed by atoms with Crippen molar-refractivity contribution >= 4 is 5.69 Å². The van der Waals surface area contributed by atoms with Crippen LogP contribution in [0.4, 0.5) is 10.1 Å². The summed E-state index contributed by atoms with van der Waals surface area (Å²) < 4.78 is 21.0. The van der Waals surface area contributed by atoms with Crippen molar-refractivity contribution in [2.75, 3.05) is 5.32 Å². The van der Waals surface area contributed by atoms with Gasteiger partial charge in [-0.1, -0.05) is 11.2 Å². The predicted octanol–water partition coefficient (Wildman–Crippen LogP) is 2.86. The molecule has 0 saturated heterocycles. The van der Waals surface area contributed by atoms with Crippen molar-refractivity contribution in [3.8, 4) is 17.2 Å². The molecule has 5 rings (SSSR count). The zero-order valence-electron chi connectivity index (χ0n) is 11.6. The van der Waals surface area contributed by atoms with Crippen molar-refractivity contribution in [1.29, 1.82) is 0 Å². The van der Waals surface area contributed by atoms with Gasteiger partial charge in [0, 0.05) is 5.92 Å². The first kappa shape index (κ1) is 11.9. The highest BCUT2D eigenvalue weighted by Crippen LogP contribution is 2.40. The summed E-state index contributed by atoms with van der Waals surface area (Å²) in [7, 11) is 0. The smallest absolute Gasteiger partial charge is 0.230 e. The van der Waals surface area contributed by atoms with Crippen molar-refractivity contribution in [1.82, 2.24) is 19.7 Å². The summed E-state index contributed by atoms with van der Waals surface area (Å²) in [6.07, 6.45) is 3.89. The van der Waals surface area contributed by atoms with Gasteiger partial charge in [-0.25, -0.2) is 9.37 Å². The number of benzene rings is 1. The molecule has 1 N–H and O–H groups in total. The number of nitrogens with zero attached hydrogens (tertiary/aromatic N) is 4. The average molecular weight is 297 g/mol. The van der Waals surface area contributed by atoms with Gasteiger partial charge in [0.1, 0.15) is 17.8 Å². The molecule has 0 atom stereocenters. The lowest BCUT2D eigenvalue weighted by atomic mass is 10.2. The van der Waals surface area contributed by atoms with E-state index in [-0.39, 0.29) is 5.82 Å². The Labute approximate surface area is 125 Å². The van der Waals surface area contributed by atoms with E-state index in [9.17, 15) is 4.39 Å². The van der Waals surface area contributed by atoms with E-state index in [0.29, 0.717) is 35.6 Å². The number of rotatable bonds is 2. The van der Waals surface area contributed by atoms with Crippen LogP contribution in [0.5, 0.6) is 0 Å². The fourth-order valence-electron chi connectivity index (χ4n) is 2.83. The van der Waals surface area contributed by atoms with E-state index in [1.165, 1.54) is 6.07 Å². The zero-order valence-corrected chi connectivity index (χ0v) is 11.6. The van der Waals surface area contributed by atoms with Crippen molar-refractivity contribution in [2.45, 2.75) is 25.3 Å². The Morgan fingerprint density at radius 3 is 3.09 bits per heavy atom. The Kier molecular flexibility index (Phi) is 2.25. The first-order chi connectivity index (χ1) is 10.8. The Morgan fingerprint density at radius 1 is 1.32 bits per heavy atom. The maximum Gasteiger partial charge on any atom is 0.230 e. The number of para-hydroxylation sites is 1. The molecule has 1 saturated carbocycles. The summed E-state index contributed by atoms with van der Waals surface area (Å²) in [6, 6.07) is 4.98. The van der Waals surface area contributed by atoms with Gasteiger partial charge in [0.25, 0.3) is 0 Å². The van der Waals surface area contributed by atoms with Gasteiger partial charge in [0.2, 0.25) is 11.7 Å². The second-order valence-electron chi connectivity index (χ2n) is 5.63. The second kappa shape index (κ2) is 4.16. The molecule has 3 aromatic rings. The number of imidazole rings is 1. The van der Waals surface area contributed by atoms with Crippen LogP contribution in [0, 0.1) is 5.82 Å². The summed E-state index contributed by atoms with van der Waals surface area (Å²) >= 11 is 0. The van der Waals surface area contributed by atoms with Crippen LogP contribution in [0.15, 0.2) is 29.0 Å². The third-order valence-corrected chi connectivity index (χ3v) is 4.13. The van der Waals surface area contributed by atoms with Crippen LogP contribution in [-0.4, -0.2) is 19.7 Å². The number of hydrogen-bond acceptors (Lipinski definition) is 5. The summed E-state index contributed by atoms with van der Waals surface area (Å²) in [4.78, 5) is 8.85. The van der Waals surface area contributed by atoms with E-state index in [2.05, 4.69) is 20.4 Å². The van der Waals surface area contributed by atoms with Crippen molar-refractivity contribution in [3.63, 3.8) is 0 Å². The maximum atomic E-state index is 13.9. The molecule has 0 radical (unpaired) electrons. The van der Waals surface area contributed by atoms with Gasteiger partial charge in [0.05, 0.1) is 23.6 Å². The molecule has 1 aromatic carbocycles. The highest BCUT2D eigenvalue weighted by Gasteiger charge is 2.31. The molecule has 110 valence electrons. The third kappa shape index (κ3) is 1.62. The summed E-state index contributed by atoms with van der Waals surface area (Å²) in [5.74, 6) is 1.32. The monoisotopic (exact) mass is 297 g/mol. The van der Waals surface area contributed by atoms with Crippen LogP contribution >= 0.6 is 0 Å². The lowest BCUT2D eigenvalue weighted by Crippen LogP contribution is -2.16. The van der Waals surface area contributed by atoms with E-state index in [0.717, 1.165) is 24.2 Å². The fourth-order valence-corrected chi connectivity index (χ4v) is 2.83. The first-order valence-electron chi connectivity index (χ1n) is 7.24. The molecule has 0 spiro atoms. The van der Waals surface area contributed by atoms with Gasteiger partial charge in [-0.2, -0.15) is 4.98 Å². The van der Waals surface area contributed by atoms with Gasteiger partial charge < -0.3 is 9.84 Å². The van der Waals surface area contributed by atoms with Crippen LogP contribution in [-0.2, 0) is 6.54 Å². The minimum absolute atomic E-state index is 0.269. The van der Waals surface area contributed by atoms with E-state index in [4.69, 9.17) is 4.52 Å². The molecule has 0 bridgehead atoms. The molecular weight excluding hydrogens is 285 g/mol. The number of fused-ring (bicyclic) bond motifs is 3. The van der Waals surface area contributed by atoms with Crippen molar-refractivity contribution in [3.05, 3.63) is 41.9 Å². The number of halogens is 1. The lowest BCUT2D eigenvalue weighted by molar-refractivity contribution is 0.380. The predicted molar refractivity (Wildman–Crippen MR) is 76.1 cm³/mol. The van der Waals surface area contributed by atoms with Gasteiger partial charge in [0.15, 0.2) is 0 Å². The van der Waals surface area contributed by atoms with Gasteiger partial charge in [-0.05, 0) is 25.0 Å². The molecule has 1 fully saturated rings. The summed E-state index contributed by atoms with van der Waals surface area (Å²) in [5.41, 5.74) is 2.82. The summed E-state index contributed by atoms with van der Waals surface area (Å²) in [5, 5.41) is 7.14. The normalized spacial score (nSPS) is 16.0. The molecule has 6 nitrogen and oxygen atoms in total. The third-order valence-electron chi connectivity index (χ3n) is 4.13. The largest absolute Gasteiger partial charge is 0.375 e. The Bertz CT molecular complexity index is 880. The SMILES string of the molecule is Fc1cccc2c1NCc1c(-c3noc(C4CC4)n3)ncn1-2. The van der Waals surface area contributed by atoms with Crippen LogP contribution in [0.2, 0.25) is 0 Å². The van der Waals surface area contributed by atoms with E-state index < -0.39 is 0 Å². The molecular formula is C15H12FN5O. The van der Waals surface area contributed by atoms with Gasteiger partial charge >= 0.3 is 0 Å². The molecule has 1 aliphatic heterocycles. The van der Waals surface area contributed by atoms with E-state index in [1.54, 1.807) is 12.4 Å². The van der Waals surface area contributed by atoms with Crippen LogP contribution < -0.4 is 5.32 Å². The van der Waals surface area contributed by atoms with Crippen molar-refractivity contribution in [2.24, 2.45) is 0 Å². The Hall–Kier alpha value is -2.70. The van der Waals surface area contributed by atoms with Gasteiger partial charge in [-0.15, -0.1) is 0 Å². The van der Waals surface area contributed by atoms with E-state index in [1.807, 2.05) is 10.6 Å². The molecule has 1 aliphatic carbocycles. The molecule has 3 heterocycles. The quantitative estimate of drug-likeness (QED) is 0.787. The topological polar surface area (TPSA) is 68.8 Å². The molecule has 0 amide bonds. The van der Waals surface area contributed by atoms with E-state index >= 15 is 0 Å². The number of nitrogens with one attached hydrogen (secondary N) is 1. The van der Waals surface area contributed by atoms with Crippen LogP contribution in [0.3, 0.4) is 0 Å². The maximum absolute atomic E-state index is 13.9. The Balaban J connectivity index is 1.62. The first-order valence-corrected chi connectivity index (χ1v) is 7.24. The average Bonchev–Trinajstić information content (AvgIpc) is 3.11. The number of aromatic nitrogens is 4. The Morgan fingerprint density at radius 2 is 2.23 bits per heavy atom. The standard InChI is InChI=1S/C15H12FN5O/c16-9-2-1-3-10-12(9)17-6-11-13(18-7-21(10)11)14-19-15(22-20-14)8-4-5-8/h1-3,7-8,17H,4-6H2. The summed E-state index contributed by atoms with van der Waals surface area (Å²) in [6.45, 7) is 0.469. The molecule has 2 aliphatic rings. The molecule has 22 heavy (non-hydrogen) atoms. The zero-order chi connectivity index (χ0) is 14.7. The molecule has 7 heteroatoms. The van der Waals surface area contributed by atoms with Crippen LogP contribution in [0.1, 0.15) is 30.3 Å². The highest BCUT2D eigenvalue weighted by atomic mass is 19.1. The fraction of sp³-hybridized carbons (Fsp3) is 0.267. The lowest BCUT2D eigenvalue weighted by Gasteiger charge is -2.21. The number of anilines is 1. The van der Waals surface area contributed by atoms with Crippen molar-refractivity contribution < 1.29 is 8.91 Å². The number of hydrogen-bond donors (Lipinski definition) is 1. The molecule has 0 unspecified atom stereocenters. The minimum atomic E-state index is -0.269. The minimum Gasteiger partial charge on any atom is -0.375 e. The second-order valence-corrected chi connectivity index (χ2v) is 5.63. The van der Waals surface area contributed by atoms with Crippen LogP contribution in [0.25, 0.3) is 17.2 Å².